The van der Waals surface area contributed by atoms with Crippen molar-refractivity contribution in [2.45, 2.75) is 52.6 Å². The highest BCUT2D eigenvalue weighted by Gasteiger charge is 2.25. The van der Waals surface area contributed by atoms with Crippen LogP contribution in [0, 0.1) is 0 Å². The summed E-state index contributed by atoms with van der Waals surface area (Å²) in [5.41, 5.74) is 6.07. The van der Waals surface area contributed by atoms with Crippen molar-refractivity contribution in [2.75, 3.05) is 142 Å². The van der Waals surface area contributed by atoms with Crippen LogP contribution in [0.15, 0.2) is 0 Å². The molecule has 2 aromatic heterocycles. The summed E-state index contributed by atoms with van der Waals surface area (Å²) in [6.45, 7) is 15.6. The molecule has 2 saturated heterocycles. The SMILES string of the molecule is CC(C)(C)OC(=O)NCCOCCOCCOCCn1nnc(CN2CCS(=O)(=O)CC2)c1Cl.NCCOCCOCCOCCn1nnc(CN2CCS(=O)(=O)CC2)c1Cl. The molecule has 4 rings (SSSR count). The van der Waals surface area contributed by atoms with E-state index in [4.69, 9.17) is 62.1 Å². The number of nitrogens with one attached hydrogen (secondary N) is 1. The molecule has 3 N–H and O–H groups in total. The van der Waals surface area contributed by atoms with E-state index in [2.05, 4.69) is 25.9 Å². The van der Waals surface area contributed by atoms with Gasteiger partial charge in [-0.2, -0.15) is 0 Å². The summed E-state index contributed by atoms with van der Waals surface area (Å²) in [7, 11) is -5.81. The van der Waals surface area contributed by atoms with Crippen molar-refractivity contribution < 1.29 is 54.8 Å². The van der Waals surface area contributed by atoms with Gasteiger partial charge >= 0.3 is 6.09 Å². The number of rotatable bonds is 27. The Labute approximate surface area is 369 Å². The van der Waals surface area contributed by atoms with Crippen LogP contribution in [0.3, 0.4) is 0 Å². The summed E-state index contributed by atoms with van der Waals surface area (Å²) >= 11 is 12.7. The molecule has 61 heavy (non-hydrogen) atoms. The Balaban J connectivity index is 0.000000334. The quantitative estimate of drug-likeness (QED) is 0.111. The molecular formula is C35H64Cl2N10O12S2. The zero-order valence-electron chi connectivity index (χ0n) is 35.5. The van der Waals surface area contributed by atoms with E-state index in [1.165, 1.54) is 0 Å². The lowest BCUT2D eigenvalue weighted by atomic mass is 10.2. The lowest BCUT2D eigenvalue weighted by Crippen LogP contribution is -2.39. The molecule has 0 radical (unpaired) electrons. The van der Waals surface area contributed by atoms with Crippen molar-refractivity contribution in [1.29, 1.82) is 0 Å². The fourth-order valence-corrected chi connectivity index (χ4v) is 8.39. The Kier molecular flexibility index (Phi) is 24.7. The third-order valence-corrected chi connectivity index (χ3v) is 12.7. The van der Waals surface area contributed by atoms with Gasteiger partial charge in [-0.1, -0.05) is 33.6 Å². The second-order valence-electron chi connectivity index (χ2n) is 14.8. The standard InChI is InChI=1S/C20H36ClN5O7S.C15H28ClN5O5S/c1-20(2,3)33-19(27)22-4-8-30-10-12-32-13-11-31-9-5-26-18(21)17(23-24-26)16-25-6-14-34(28,29)15-7-25;16-15-14(13-20-3-11-27(22,23)12-4-20)18-19-21(15)2-6-25-8-10-26-9-7-24-5-1-17/h4-16H2,1-3H3,(H,22,27);1-13,17H2. The van der Waals surface area contributed by atoms with E-state index in [9.17, 15) is 21.6 Å². The van der Waals surface area contributed by atoms with Crippen molar-refractivity contribution >= 4 is 49.0 Å². The van der Waals surface area contributed by atoms with Gasteiger partial charge in [0.2, 0.25) is 0 Å². The summed E-state index contributed by atoms with van der Waals surface area (Å²) in [6.07, 6.45) is -0.465. The van der Waals surface area contributed by atoms with Gasteiger partial charge in [0.25, 0.3) is 0 Å². The largest absolute Gasteiger partial charge is 0.444 e. The predicted molar refractivity (Wildman–Crippen MR) is 226 cm³/mol. The molecule has 0 unspecified atom stereocenters. The Morgan fingerprint density at radius 1 is 0.623 bits per heavy atom. The fourth-order valence-electron chi connectivity index (χ4n) is 5.40. The number of nitrogens with zero attached hydrogens (tertiary/aromatic N) is 8. The first-order chi connectivity index (χ1) is 29.1. The average molecular weight is 952 g/mol. The molecule has 0 bridgehead atoms. The zero-order chi connectivity index (χ0) is 44.6. The number of ether oxygens (including phenoxy) is 7. The number of halogens is 2. The number of carbonyl (C=O) groups excluding carboxylic acids is 1. The first kappa shape index (κ1) is 53.0. The molecular weight excluding hydrogens is 887 g/mol. The fraction of sp³-hybridized carbons (Fsp3) is 0.857. The molecule has 352 valence electrons. The van der Waals surface area contributed by atoms with Crippen molar-refractivity contribution in [3.8, 4) is 0 Å². The molecule has 0 saturated carbocycles. The number of alkyl carbamates (subject to hydrolysis) is 1. The van der Waals surface area contributed by atoms with Gasteiger partial charge in [-0.3, -0.25) is 9.80 Å². The topological polar surface area (TPSA) is 256 Å². The highest BCUT2D eigenvalue weighted by molar-refractivity contribution is 7.91. The molecule has 22 nitrogen and oxygen atoms in total. The van der Waals surface area contributed by atoms with Gasteiger partial charge in [0.1, 0.15) is 17.0 Å². The van der Waals surface area contributed by atoms with Crippen LogP contribution in [-0.4, -0.2) is 210 Å². The van der Waals surface area contributed by atoms with Crippen LogP contribution in [0.4, 0.5) is 4.79 Å². The van der Waals surface area contributed by atoms with Crippen LogP contribution in [0.25, 0.3) is 0 Å². The molecule has 0 spiro atoms. The molecule has 2 aliphatic heterocycles. The second kappa shape index (κ2) is 28.5. The summed E-state index contributed by atoms with van der Waals surface area (Å²) < 4.78 is 86.7. The lowest BCUT2D eigenvalue weighted by Gasteiger charge is -2.25. The van der Waals surface area contributed by atoms with Crippen LogP contribution in [-0.2, 0) is 79.0 Å². The van der Waals surface area contributed by atoms with Gasteiger partial charge in [0.15, 0.2) is 30.0 Å². The maximum absolute atomic E-state index is 11.5. The smallest absolute Gasteiger partial charge is 0.407 e. The van der Waals surface area contributed by atoms with Gasteiger partial charge in [-0.05, 0) is 20.8 Å². The Morgan fingerprint density at radius 3 is 1.36 bits per heavy atom. The average Bonchev–Trinajstić information content (AvgIpc) is 3.73. The van der Waals surface area contributed by atoms with Crippen molar-refractivity contribution in [3.05, 3.63) is 21.7 Å². The number of aromatic nitrogens is 6. The van der Waals surface area contributed by atoms with Crippen LogP contribution in [0.2, 0.25) is 10.3 Å². The van der Waals surface area contributed by atoms with Crippen LogP contribution >= 0.6 is 23.2 Å². The predicted octanol–water partition coefficient (Wildman–Crippen LogP) is -0.0932. The van der Waals surface area contributed by atoms with E-state index in [-0.39, 0.29) is 23.0 Å². The molecule has 26 heteroatoms. The number of carbonyl (C=O) groups is 1. The molecule has 4 heterocycles. The zero-order valence-corrected chi connectivity index (χ0v) is 38.7. The first-order valence-corrected chi connectivity index (χ1v) is 24.6. The third kappa shape index (κ3) is 23.3. The Morgan fingerprint density at radius 2 is 0.984 bits per heavy atom. The van der Waals surface area contributed by atoms with E-state index in [1.54, 1.807) is 30.1 Å². The number of nitrogens with two attached hydrogens (primary N) is 1. The van der Waals surface area contributed by atoms with Gasteiger partial charge in [-0.15, -0.1) is 10.2 Å². The van der Waals surface area contributed by atoms with Crippen molar-refractivity contribution in [2.24, 2.45) is 5.73 Å². The Bertz CT molecular complexity index is 1740. The van der Waals surface area contributed by atoms with Crippen molar-refractivity contribution in [1.82, 2.24) is 45.1 Å². The van der Waals surface area contributed by atoms with E-state index in [0.717, 1.165) is 0 Å². The normalized spacial score (nSPS) is 16.9. The summed E-state index contributed by atoms with van der Waals surface area (Å²) in [5.74, 6) is 0.666. The van der Waals surface area contributed by atoms with E-state index in [0.29, 0.717) is 166 Å². The van der Waals surface area contributed by atoms with Crippen LogP contribution in [0.1, 0.15) is 32.2 Å². The minimum absolute atomic E-state index is 0.159. The van der Waals surface area contributed by atoms with Gasteiger partial charge in [0.05, 0.1) is 115 Å². The van der Waals surface area contributed by atoms with E-state index >= 15 is 0 Å². The summed E-state index contributed by atoms with van der Waals surface area (Å²) in [6, 6.07) is 0. The minimum Gasteiger partial charge on any atom is -0.444 e. The van der Waals surface area contributed by atoms with Gasteiger partial charge in [-0.25, -0.2) is 31.0 Å². The van der Waals surface area contributed by atoms with E-state index in [1.807, 2.05) is 9.80 Å². The highest BCUT2D eigenvalue weighted by atomic mass is 35.5. The molecule has 0 atom stereocenters. The van der Waals surface area contributed by atoms with Crippen molar-refractivity contribution in [3.63, 3.8) is 0 Å². The summed E-state index contributed by atoms with van der Waals surface area (Å²) in [4.78, 5) is 15.5. The molecule has 1 amide bonds. The molecule has 0 aliphatic carbocycles. The Hall–Kier alpha value is -2.33. The number of amides is 1. The number of hydrogen-bond donors (Lipinski definition) is 2. The molecule has 2 aliphatic rings. The molecule has 2 fully saturated rings. The second-order valence-corrected chi connectivity index (χ2v) is 20.2. The molecule has 0 aromatic carbocycles. The lowest BCUT2D eigenvalue weighted by molar-refractivity contribution is 0.0122. The third-order valence-electron chi connectivity index (χ3n) is 8.66. The van der Waals surface area contributed by atoms with Gasteiger partial charge < -0.3 is 44.2 Å². The van der Waals surface area contributed by atoms with E-state index < -0.39 is 31.4 Å². The summed E-state index contributed by atoms with van der Waals surface area (Å²) in [5, 5.41) is 19.8. The number of hydrogen-bond acceptors (Lipinski definition) is 19. The molecule has 2 aromatic rings. The minimum atomic E-state index is -2.92. The maximum atomic E-state index is 11.5. The first-order valence-electron chi connectivity index (χ1n) is 20.2. The maximum Gasteiger partial charge on any atom is 0.407 e. The van der Waals surface area contributed by atoms with Gasteiger partial charge in [0, 0.05) is 52.4 Å². The number of sulfone groups is 2. The highest BCUT2D eigenvalue weighted by Crippen LogP contribution is 2.18. The monoisotopic (exact) mass is 950 g/mol. The van der Waals surface area contributed by atoms with Crippen LogP contribution in [0.5, 0.6) is 0 Å². The van der Waals surface area contributed by atoms with Crippen LogP contribution < -0.4 is 11.1 Å².